The van der Waals surface area contributed by atoms with E-state index in [4.69, 9.17) is 35.4 Å². The highest BCUT2D eigenvalue weighted by molar-refractivity contribution is 7.80. The van der Waals surface area contributed by atoms with Crippen molar-refractivity contribution >= 4 is 62.9 Å². The van der Waals surface area contributed by atoms with E-state index in [2.05, 4.69) is 10.6 Å². The van der Waals surface area contributed by atoms with E-state index >= 15 is 0 Å². The molecule has 6 heteroatoms. The minimum Gasteiger partial charge on any atom is -0.332 e. The number of halogens is 2. The van der Waals surface area contributed by atoms with Gasteiger partial charge in [0.25, 0.3) is 5.91 Å². The first kappa shape index (κ1) is 17.7. The van der Waals surface area contributed by atoms with E-state index in [1.807, 2.05) is 37.3 Å². The van der Waals surface area contributed by atoms with Crippen molar-refractivity contribution in [3.63, 3.8) is 0 Å². The van der Waals surface area contributed by atoms with Gasteiger partial charge in [0.1, 0.15) is 0 Å². The maximum atomic E-state index is 12.6. The highest BCUT2D eigenvalue weighted by Crippen LogP contribution is 2.26. The predicted molar refractivity (Wildman–Crippen MR) is 109 cm³/mol. The Morgan fingerprint density at radius 1 is 0.920 bits per heavy atom. The summed E-state index contributed by atoms with van der Waals surface area (Å²) in [5.74, 6) is -0.301. The van der Waals surface area contributed by atoms with Crippen LogP contribution < -0.4 is 10.6 Å². The van der Waals surface area contributed by atoms with E-state index < -0.39 is 0 Å². The summed E-state index contributed by atoms with van der Waals surface area (Å²) < 4.78 is 0. The summed E-state index contributed by atoms with van der Waals surface area (Å²) in [4.78, 5) is 12.6. The lowest BCUT2D eigenvalue weighted by molar-refractivity contribution is 0.0979. The zero-order chi connectivity index (χ0) is 18.0. The number of hydrogen-bond donors (Lipinski definition) is 2. The molecule has 0 heterocycles. The van der Waals surface area contributed by atoms with Gasteiger partial charge in [-0.2, -0.15) is 0 Å². The van der Waals surface area contributed by atoms with Gasteiger partial charge in [-0.25, -0.2) is 0 Å². The van der Waals surface area contributed by atoms with Gasteiger partial charge in [0.05, 0.1) is 0 Å². The van der Waals surface area contributed by atoms with Crippen LogP contribution in [0.15, 0.2) is 54.6 Å². The maximum absolute atomic E-state index is 12.6. The molecule has 2 N–H and O–H groups in total. The summed E-state index contributed by atoms with van der Waals surface area (Å²) in [5, 5.41) is 8.72. The second kappa shape index (κ2) is 7.40. The van der Waals surface area contributed by atoms with Crippen molar-refractivity contribution in [2.45, 2.75) is 6.92 Å². The molecule has 0 aliphatic carbocycles. The fourth-order valence-electron chi connectivity index (χ4n) is 2.54. The molecule has 0 aliphatic rings. The Bertz CT molecular complexity index is 988. The summed E-state index contributed by atoms with van der Waals surface area (Å²) in [7, 11) is 0. The van der Waals surface area contributed by atoms with Crippen molar-refractivity contribution in [1.82, 2.24) is 5.32 Å². The summed E-state index contributed by atoms with van der Waals surface area (Å²) in [6.07, 6.45) is 0. The smallest absolute Gasteiger partial charge is 0.258 e. The van der Waals surface area contributed by atoms with Crippen LogP contribution in [-0.4, -0.2) is 11.0 Å². The molecule has 0 fully saturated rings. The second-order valence-electron chi connectivity index (χ2n) is 5.46. The van der Waals surface area contributed by atoms with Gasteiger partial charge in [-0.05, 0) is 54.4 Å². The summed E-state index contributed by atoms with van der Waals surface area (Å²) in [5.41, 5.74) is 2.11. The highest BCUT2D eigenvalue weighted by atomic mass is 35.5. The standard InChI is InChI=1S/C19H14Cl2N2OS/c1-11-15(20)8-4-10-17(11)22-19(25)23-18(24)14-7-2-6-13-12(14)5-3-9-16(13)21/h2-10H,1H3,(H2,22,23,24,25). The second-order valence-corrected chi connectivity index (χ2v) is 6.68. The van der Waals surface area contributed by atoms with Gasteiger partial charge in [-0.3, -0.25) is 10.1 Å². The first-order valence-corrected chi connectivity index (χ1v) is 8.68. The van der Waals surface area contributed by atoms with Crippen molar-refractivity contribution in [3.05, 3.63) is 75.8 Å². The van der Waals surface area contributed by atoms with E-state index in [0.717, 1.165) is 22.0 Å². The number of nitrogens with one attached hydrogen (secondary N) is 2. The molecule has 3 nitrogen and oxygen atoms in total. The average molecular weight is 389 g/mol. The van der Waals surface area contributed by atoms with Gasteiger partial charge in [-0.15, -0.1) is 0 Å². The number of amides is 1. The van der Waals surface area contributed by atoms with E-state index in [0.29, 0.717) is 15.6 Å². The van der Waals surface area contributed by atoms with Crippen LogP contribution in [0.1, 0.15) is 15.9 Å². The number of benzene rings is 3. The first-order chi connectivity index (χ1) is 12.0. The Morgan fingerprint density at radius 3 is 2.36 bits per heavy atom. The molecule has 3 rings (SSSR count). The zero-order valence-electron chi connectivity index (χ0n) is 13.3. The number of hydrogen-bond acceptors (Lipinski definition) is 2. The normalized spacial score (nSPS) is 10.5. The summed E-state index contributed by atoms with van der Waals surface area (Å²) >= 11 is 17.5. The molecule has 126 valence electrons. The molecule has 0 unspecified atom stereocenters. The fourth-order valence-corrected chi connectivity index (χ4v) is 3.15. The third kappa shape index (κ3) is 3.76. The highest BCUT2D eigenvalue weighted by Gasteiger charge is 2.13. The first-order valence-electron chi connectivity index (χ1n) is 7.52. The van der Waals surface area contributed by atoms with Crippen molar-refractivity contribution < 1.29 is 4.79 Å². The van der Waals surface area contributed by atoms with Crippen molar-refractivity contribution in [3.8, 4) is 0 Å². The van der Waals surface area contributed by atoms with E-state index in [9.17, 15) is 4.79 Å². The Morgan fingerprint density at radius 2 is 1.56 bits per heavy atom. The van der Waals surface area contributed by atoms with Crippen LogP contribution in [0.2, 0.25) is 10.0 Å². The average Bonchev–Trinajstić information content (AvgIpc) is 2.59. The number of carbonyl (C=O) groups is 1. The number of fused-ring (bicyclic) bond motifs is 1. The molecule has 0 atom stereocenters. The predicted octanol–water partition coefficient (Wildman–Crippen LogP) is 5.58. The van der Waals surface area contributed by atoms with Crippen LogP contribution in [0.4, 0.5) is 5.69 Å². The van der Waals surface area contributed by atoms with Crippen LogP contribution in [0.5, 0.6) is 0 Å². The molecule has 0 bridgehead atoms. The zero-order valence-corrected chi connectivity index (χ0v) is 15.6. The van der Waals surface area contributed by atoms with Crippen LogP contribution in [-0.2, 0) is 0 Å². The lowest BCUT2D eigenvalue weighted by atomic mass is 10.0. The third-order valence-electron chi connectivity index (χ3n) is 3.86. The Kier molecular flexibility index (Phi) is 5.23. The molecule has 0 aliphatic heterocycles. The summed E-state index contributed by atoms with van der Waals surface area (Å²) in [6.45, 7) is 1.88. The number of rotatable bonds is 2. The van der Waals surface area contributed by atoms with Crippen LogP contribution in [0.3, 0.4) is 0 Å². The lowest BCUT2D eigenvalue weighted by Gasteiger charge is -2.13. The molecular weight excluding hydrogens is 375 g/mol. The molecule has 3 aromatic rings. The minimum absolute atomic E-state index is 0.203. The largest absolute Gasteiger partial charge is 0.332 e. The topological polar surface area (TPSA) is 41.1 Å². The van der Waals surface area contributed by atoms with Crippen LogP contribution in [0, 0.1) is 6.92 Å². The lowest BCUT2D eigenvalue weighted by Crippen LogP contribution is -2.34. The van der Waals surface area contributed by atoms with Crippen molar-refractivity contribution in [1.29, 1.82) is 0 Å². The molecule has 0 spiro atoms. The molecule has 1 amide bonds. The van der Waals surface area contributed by atoms with Crippen molar-refractivity contribution in [2.24, 2.45) is 0 Å². The van der Waals surface area contributed by atoms with Gasteiger partial charge in [0, 0.05) is 26.7 Å². The number of thiocarbonyl (C=S) groups is 1. The van der Waals surface area contributed by atoms with Gasteiger partial charge < -0.3 is 5.32 Å². The summed E-state index contributed by atoms with van der Waals surface area (Å²) in [6, 6.07) is 16.3. The van der Waals surface area contributed by atoms with E-state index in [-0.39, 0.29) is 11.0 Å². The van der Waals surface area contributed by atoms with Gasteiger partial charge in [0.2, 0.25) is 0 Å². The monoisotopic (exact) mass is 388 g/mol. The number of anilines is 1. The van der Waals surface area contributed by atoms with E-state index in [1.54, 1.807) is 24.3 Å². The molecule has 0 aromatic heterocycles. The quantitative estimate of drug-likeness (QED) is 0.562. The van der Waals surface area contributed by atoms with Crippen LogP contribution in [0.25, 0.3) is 10.8 Å². The Hall–Kier alpha value is -2.14. The van der Waals surface area contributed by atoms with Gasteiger partial charge in [0.15, 0.2) is 5.11 Å². The third-order valence-corrected chi connectivity index (χ3v) is 4.80. The molecule has 25 heavy (non-hydrogen) atoms. The molecule has 3 aromatic carbocycles. The fraction of sp³-hybridized carbons (Fsp3) is 0.0526. The number of carbonyl (C=O) groups excluding carboxylic acids is 1. The minimum atomic E-state index is -0.301. The van der Waals surface area contributed by atoms with Gasteiger partial charge >= 0.3 is 0 Å². The van der Waals surface area contributed by atoms with Crippen molar-refractivity contribution in [2.75, 3.05) is 5.32 Å². The molecule has 0 saturated carbocycles. The molecular formula is C19H14Cl2N2OS. The SMILES string of the molecule is Cc1c(Cl)cccc1NC(=S)NC(=O)c1cccc2c(Cl)cccc12. The maximum Gasteiger partial charge on any atom is 0.258 e. The molecule has 0 radical (unpaired) electrons. The Balaban J connectivity index is 1.82. The van der Waals surface area contributed by atoms with Crippen LogP contribution >= 0.6 is 35.4 Å². The van der Waals surface area contributed by atoms with Gasteiger partial charge in [-0.1, -0.05) is 53.5 Å². The van der Waals surface area contributed by atoms with E-state index in [1.165, 1.54) is 0 Å². The Labute approximate surface area is 160 Å². The molecule has 0 saturated heterocycles.